The van der Waals surface area contributed by atoms with Gasteiger partial charge in [0.15, 0.2) is 0 Å². The summed E-state index contributed by atoms with van der Waals surface area (Å²) in [6.45, 7) is -0.341. The number of thioether (sulfide) groups is 1. The number of aliphatic carboxylic acids is 1. The molecule has 0 radical (unpaired) electrons. The van der Waals surface area contributed by atoms with Gasteiger partial charge in [0.2, 0.25) is 5.91 Å². The molecular weight excluding hydrogens is 422 g/mol. The highest BCUT2D eigenvalue weighted by molar-refractivity contribution is 9.10. The van der Waals surface area contributed by atoms with Gasteiger partial charge in [-0.15, -0.1) is 0 Å². The second-order valence-electron chi connectivity index (χ2n) is 5.46. The van der Waals surface area contributed by atoms with Gasteiger partial charge < -0.3 is 10.4 Å². The summed E-state index contributed by atoms with van der Waals surface area (Å²) in [4.78, 5) is 35.3. The standard InChI is InChI=1S/C17H18BrN3O4S/c1-26-9-8-14(17(24)25)19-15(22)10-21-16(23)7-6-13(20-21)11-2-4-12(18)5-3-11/h2-7,14H,8-10H2,1H3,(H,19,22)(H,24,25)/t14-/m1/s1. The average Bonchev–Trinajstić information content (AvgIpc) is 2.61. The third kappa shape index (κ3) is 5.70. The fourth-order valence-corrected chi connectivity index (χ4v) is 2.94. The Morgan fingerprint density at radius 3 is 2.58 bits per heavy atom. The van der Waals surface area contributed by atoms with Crippen molar-refractivity contribution < 1.29 is 14.7 Å². The van der Waals surface area contributed by atoms with E-state index in [1.807, 2.05) is 30.5 Å². The van der Waals surface area contributed by atoms with Gasteiger partial charge in [0.1, 0.15) is 12.6 Å². The summed E-state index contributed by atoms with van der Waals surface area (Å²) in [6, 6.07) is 9.30. The zero-order valence-corrected chi connectivity index (χ0v) is 16.4. The second-order valence-corrected chi connectivity index (χ2v) is 7.36. The number of aromatic nitrogens is 2. The third-order valence-electron chi connectivity index (χ3n) is 3.54. The fourth-order valence-electron chi connectivity index (χ4n) is 2.21. The van der Waals surface area contributed by atoms with Gasteiger partial charge in [-0.25, -0.2) is 9.48 Å². The van der Waals surface area contributed by atoms with Crippen molar-refractivity contribution in [2.24, 2.45) is 0 Å². The smallest absolute Gasteiger partial charge is 0.326 e. The molecule has 9 heteroatoms. The molecule has 2 rings (SSSR count). The van der Waals surface area contributed by atoms with Crippen molar-refractivity contribution in [3.8, 4) is 11.3 Å². The Hall–Kier alpha value is -2.13. The van der Waals surface area contributed by atoms with Crippen LogP contribution in [0, 0.1) is 0 Å². The minimum Gasteiger partial charge on any atom is -0.480 e. The van der Waals surface area contributed by atoms with E-state index >= 15 is 0 Å². The Morgan fingerprint density at radius 2 is 1.96 bits per heavy atom. The molecule has 0 aliphatic heterocycles. The number of carboxylic acid groups (broad SMARTS) is 1. The predicted octanol–water partition coefficient (Wildman–Crippen LogP) is 2.00. The van der Waals surface area contributed by atoms with Crippen molar-refractivity contribution in [2.75, 3.05) is 12.0 Å². The molecule has 0 spiro atoms. The molecule has 1 aromatic carbocycles. The van der Waals surface area contributed by atoms with Crippen LogP contribution in [-0.4, -0.2) is 44.8 Å². The SMILES string of the molecule is CSCC[C@@H](NC(=O)Cn1nc(-c2ccc(Br)cc2)ccc1=O)C(=O)O. The van der Waals surface area contributed by atoms with E-state index in [0.29, 0.717) is 17.9 Å². The van der Waals surface area contributed by atoms with Gasteiger partial charge >= 0.3 is 5.97 Å². The van der Waals surface area contributed by atoms with Crippen molar-refractivity contribution in [3.63, 3.8) is 0 Å². The number of hydrogen-bond acceptors (Lipinski definition) is 5. The van der Waals surface area contributed by atoms with Gasteiger partial charge in [0.05, 0.1) is 5.69 Å². The number of carboxylic acids is 1. The van der Waals surface area contributed by atoms with Gasteiger partial charge in [-0.1, -0.05) is 28.1 Å². The largest absolute Gasteiger partial charge is 0.480 e. The Bertz CT molecular complexity index is 839. The molecule has 0 bridgehead atoms. The van der Waals surface area contributed by atoms with Crippen LogP contribution in [0.1, 0.15) is 6.42 Å². The van der Waals surface area contributed by atoms with E-state index in [9.17, 15) is 19.5 Å². The van der Waals surface area contributed by atoms with E-state index in [0.717, 1.165) is 14.7 Å². The molecule has 0 aliphatic carbocycles. The number of hydrogen-bond donors (Lipinski definition) is 2. The summed E-state index contributed by atoms with van der Waals surface area (Å²) in [6.07, 6.45) is 2.17. The lowest BCUT2D eigenvalue weighted by Gasteiger charge is -2.14. The number of amides is 1. The van der Waals surface area contributed by atoms with Crippen LogP contribution in [0.15, 0.2) is 45.7 Å². The van der Waals surface area contributed by atoms with Gasteiger partial charge in [-0.2, -0.15) is 16.9 Å². The van der Waals surface area contributed by atoms with Crippen molar-refractivity contribution in [1.82, 2.24) is 15.1 Å². The number of halogens is 1. The highest BCUT2D eigenvalue weighted by Gasteiger charge is 2.20. The zero-order valence-electron chi connectivity index (χ0n) is 14.0. The Labute approximate surface area is 162 Å². The predicted molar refractivity (Wildman–Crippen MR) is 104 cm³/mol. The summed E-state index contributed by atoms with van der Waals surface area (Å²) in [7, 11) is 0. The lowest BCUT2D eigenvalue weighted by molar-refractivity contribution is -0.142. The van der Waals surface area contributed by atoms with E-state index in [2.05, 4.69) is 26.3 Å². The maximum absolute atomic E-state index is 12.1. The minimum absolute atomic E-state index is 0.309. The number of rotatable bonds is 8. The number of carbonyl (C=O) groups excluding carboxylic acids is 1. The van der Waals surface area contributed by atoms with Crippen LogP contribution in [0.25, 0.3) is 11.3 Å². The Morgan fingerprint density at radius 1 is 1.27 bits per heavy atom. The average molecular weight is 440 g/mol. The molecule has 2 aromatic rings. The molecule has 0 fully saturated rings. The molecule has 26 heavy (non-hydrogen) atoms. The maximum Gasteiger partial charge on any atom is 0.326 e. The van der Waals surface area contributed by atoms with Gasteiger partial charge in [-0.05, 0) is 36.6 Å². The summed E-state index contributed by atoms with van der Waals surface area (Å²) in [5.74, 6) is -1.06. The molecule has 0 aliphatic rings. The minimum atomic E-state index is -1.10. The summed E-state index contributed by atoms with van der Waals surface area (Å²) in [5, 5.41) is 15.8. The Kier molecular flexibility index (Phi) is 7.40. The first-order chi connectivity index (χ1) is 12.4. The van der Waals surface area contributed by atoms with E-state index in [1.54, 1.807) is 6.07 Å². The van der Waals surface area contributed by atoms with Crippen LogP contribution >= 0.6 is 27.7 Å². The van der Waals surface area contributed by atoms with E-state index in [-0.39, 0.29) is 6.54 Å². The van der Waals surface area contributed by atoms with Gasteiger partial charge in [-0.3, -0.25) is 9.59 Å². The van der Waals surface area contributed by atoms with Crippen LogP contribution in [0.5, 0.6) is 0 Å². The van der Waals surface area contributed by atoms with Crippen LogP contribution in [0.3, 0.4) is 0 Å². The first-order valence-corrected chi connectivity index (χ1v) is 9.94. The van der Waals surface area contributed by atoms with Crippen LogP contribution in [0.4, 0.5) is 0 Å². The summed E-state index contributed by atoms with van der Waals surface area (Å²) < 4.78 is 1.94. The Balaban J connectivity index is 2.14. The normalized spacial score (nSPS) is 11.8. The highest BCUT2D eigenvalue weighted by Crippen LogP contribution is 2.18. The third-order valence-corrected chi connectivity index (χ3v) is 4.72. The van der Waals surface area contributed by atoms with Crippen molar-refractivity contribution in [3.05, 3.63) is 51.2 Å². The van der Waals surface area contributed by atoms with Crippen molar-refractivity contribution in [2.45, 2.75) is 19.0 Å². The van der Waals surface area contributed by atoms with E-state index in [4.69, 9.17) is 0 Å². The van der Waals surface area contributed by atoms with E-state index < -0.39 is 23.5 Å². The molecule has 7 nitrogen and oxygen atoms in total. The molecule has 1 amide bonds. The fraction of sp³-hybridized carbons (Fsp3) is 0.294. The molecule has 0 unspecified atom stereocenters. The summed E-state index contributed by atoms with van der Waals surface area (Å²) in [5.41, 5.74) is 0.907. The van der Waals surface area contributed by atoms with Crippen LogP contribution < -0.4 is 10.9 Å². The first kappa shape index (κ1) is 20.2. The lowest BCUT2D eigenvalue weighted by atomic mass is 10.1. The topological polar surface area (TPSA) is 101 Å². The molecule has 2 N–H and O–H groups in total. The number of carbonyl (C=O) groups is 2. The van der Waals surface area contributed by atoms with Gasteiger partial charge in [0, 0.05) is 16.1 Å². The quantitative estimate of drug-likeness (QED) is 0.651. The van der Waals surface area contributed by atoms with Crippen molar-refractivity contribution in [1.29, 1.82) is 0 Å². The van der Waals surface area contributed by atoms with Crippen LogP contribution in [-0.2, 0) is 16.1 Å². The molecular formula is C17H18BrN3O4S. The molecule has 1 aromatic heterocycles. The molecule has 0 saturated heterocycles. The zero-order chi connectivity index (χ0) is 19.1. The number of nitrogens with zero attached hydrogens (tertiary/aromatic N) is 2. The van der Waals surface area contributed by atoms with Crippen LogP contribution in [0.2, 0.25) is 0 Å². The monoisotopic (exact) mass is 439 g/mol. The molecule has 1 atom stereocenters. The molecule has 0 saturated carbocycles. The second kappa shape index (κ2) is 9.54. The van der Waals surface area contributed by atoms with Crippen molar-refractivity contribution >= 4 is 39.6 Å². The molecule has 1 heterocycles. The molecule has 138 valence electrons. The maximum atomic E-state index is 12.1. The lowest BCUT2D eigenvalue weighted by Crippen LogP contribution is -2.44. The number of benzene rings is 1. The first-order valence-electron chi connectivity index (χ1n) is 7.76. The van der Waals surface area contributed by atoms with Gasteiger partial charge in [0.25, 0.3) is 5.56 Å². The summed E-state index contributed by atoms with van der Waals surface area (Å²) >= 11 is 4.85. The number of nitrogens with one attached hydrogen (secondary N) is 1. The highest BCUT2D eigenvalue weighted by atomic mass is 79.9. The van der Waals surface area contributed by atoms with E-state index in [1.165, 1.54) is 17.8 Å².